The van der Waals surface area contributed by atoms with Crippen LogP contribution in [0, 0.1) is 5.82 Å². The molecule has 1 aliphatic heterocycles. The van der Waals surface area contributed by atoms with Crippen molar-refractivity contribution >= 4 is 11.8 Å². The van der Waals surface area contributed by atoms with E-state index in [1.807, 2.05) is 13.8 Å². The van der Waals surface area contributed by atoms with Crippen LogP contribution in [-0.2, 0) is 6.18 Å². The van der Waals surface area contributed by atoms with E-state index in [1.54, 1.807) is 21.7 Å². The van der Waals surface area contributed by atoms with Crippen LogP contribution in [0.25, 0.3) is 5.69 Å². The number of piperazine rings is 1. The van der Waals surface area contributed by atoms with Crippen LogP contribution < -0.4 is 0 Å². The number of halogens is 4. The van der Waals surface area contributed by atoms with Crippen molar-refractivity contribution in [3.63, 3.8) is 0 Å². The Morgan fingerprint density at radius 1 is 0.857 bits per heavy atom. The number of nitrogens with zero attached hydrogens (tertiary/aromatic N) is 4. The van der Waals surface area contributed by atoms with E-state index in [0.717, 1.165) is 6.07 Å². The molecule has 1 aromatic heterocycles. The fourth-order valence-corrected chi connectivity index (χ4v) is 4.24. The van der Waals surface area contributed by atoms with Gasteiger partial charge in [0.25, 0.3) is 11.8 Å². The lowest BCUT2D eigenvalue weighted by Gasteiger charge is -2.35. The van der Waals surface area contributed by atoms with Gasteiger partial charge in [0.05, 0.1) is 34.3 Å². The van der Waals surface area contributed by atoms with Crippen molar-refractivity contribution in [1.82, 2.24) is 19.6 Å². The van der Waals surface area contributed by atoms with E-state index in [2.05, 4.69) is 5.10 Å². The minimum Gasteiger partial charge on any atom is -0.335 e. The first kappa shape index (κ1) is 24.4. The molecule has 6 nitrogen and oxygen atoms in total. The highest BCUT2D eigenvalue weighted by Crippen LogP contribution is 2.32. The Hall–Kier alpha value is -3.69. The predicted octanol–water partition coefficient (Wildman–Crippen LogP) is 4.75. The lowest BCUT2D eigenvalue weighted by atomic mass is 10.0. The van der Waals surface area contributed by atoms with Crippen molar-refractivity contribution in [3.05, 3.63) is 82.9 Å². The third-order valence-corrected chi connectivity index (χ3v) is 5.97. The lowest BCUT2D eigenvalue weighted by molar-refractivity contribution is -0.138. The van der Waals surface area contributed by atoms with Crippen molar-refractivity contribution in [2.24, 2.45) is 0 Å². The van der Waals surface area contributed by atoms with Crippen LogP contribution in [0.4, 0.5) is 17.6 Å². The molecule has 0 N–H and O–H groups in total. The van der Waals surface area contributed by atoms with Crippen LogP contribution in [0.2, 0.25) is 0 Å². The van der Waals surface area contributed by atoms with Gasteiger partial charge < -0.3 is 9.80 Å². The molecule has 1 fully saturated rings. The van der Waals surface area contributed by atoms with E-state index in [9.17, 15) is 27.2 Å². The SMILES string of the molecule is CC(C)c1c(C(=O)N2CCN(C(=O)c3ccccc3C(F)(F)F)CC2)cnn1-c1ccc(F)cc1. The molecule has 2 amide bonds. The summed E-state index contributed by atoms with van der Waals surface area (Å²) in [5.41, 5.74) is 0.305. The number of carbonyl (C=O) groups excluding carboxylic acids is 2. The second-order valence-corrected chi connectivity index (χ2v) is 8.61. The monoisotopic (exact) mass is 488 g/mol. The van der Waals surface area contributed by atoms with Gasteiger partial charge in [-0.15, -0.1) is 0 Å². The highest BCUT2D eigenvalue weighted by atomic mass is 19.4. The van der Waals surface area contributed by atoms with E-state index < -0.39 is 23.2 Å². The maximum Gasteiger partial charge on any atom is 0.417 e. The summed E-state index contributed by atoms with van der Waals surface area (Å²) in [6, 6.07) is 10.5. The maximum absolute atomic E-state index is 13.3. The maximum atomic E-state index is 13.3. The molecule has 1 saturated heterocycles. The van der Waals surface area contributed by atoms with Crippen LogP contribution >= 0.6 is 0 Å². The second-order valence-electron chi connectivity index (χ2n) is 8.61. The smallest absolute Gasteiger partial charge is 0.335 e. The van der Waals surface area contributed by atoms with E-state index >= 15 is 0 Å². The molecule has 0 aliphatic carbocycles. The van der Waals surface area contributed by atoms with E-state index in [1.165, 1.54) is 41.4 Å². The molecular weight excluding hydrogens is 464 g/mol. The summed E-state index contributed by atoms with van der Waals surface area (Å²) in [6.45, 7) is 4.42. The number of hydrogen-bond donors (Lipinski definition) is 0. The van der Waals surface area contributed by atoms with Crippen LogP contribution in [0.15, 0.2) is 54.7 Å². The molecule has 4 rings (SSSR count). The van der Waals surface area contributed by atoms with Crippen molar-refractivity contribution in [3.8, 4) is 5.69 Å². The number of rotatable bonds is 4. The zero-order valence-corrected chi connectivity index (χ0v) is 19.2. The minimum absolute atomic E-state index is 0.0664. The molecule has 0 unspecified atom stereocenters. The Morgan fingerprint density at radius 2 is 1.40 bits per heavy atom. The minimum atomic E-state index is -4.64. The summed E-state index contributed by atoms with van der Waals surface area (Å²) in [5.74, 6) is -1.43. The molecule has 0 radical (unpaired) electrons. The number of amides is 2. The van der Waals surface area contributed by atoms with Gasteiger partial charge in [-0.05, 0) is 42.3 Å². The number of hydrogen-bond acceptors (Lipinski definition) is 3. The van der Waals surface area contributed by atoms with Gasteiger partial charge in [0.2, 0.25) is 0 Å². The molecule has 35 heavy (non-hydrogen) atoms. The second kappa shape index (κ2) is 9.52. The van der Waals surface area contributed by atoms with Crippen molar-refractivity contribution in [2.75, 3.05) is 26.2 Å². The predicted molar refractivity (Wildman–Crippen MR) is 121 cm³/mol. The summed E-state index contributed by atoms with van der Waals surface area (Å²) < 4.78 is 54.9. The van der Waals surface area contributed by atoms with Gasteiger partial charge in [-0.25, -0.2) is 9.07 Å². The Kier molecular flexibility index (Phi) is 6.64. The Bertz CT molecular complexity index is 1230. The average Bonchev–Trinajstić information content (AvgIpc) is 3.29. The highest BCUT2D eigenvalue weighted by Gasteiger charge is 2.37. The molecule has 0 spiro atoms. The van der Waals surface area contributed by atoms with E-state index in [0.29, 0.717) is 16.9 Å². The summed E-state index contributed by atoms with van der Waals surface area (Å²) in [7, 11) is 0. The summed E-state index contributed by atoms with van der Waals surface area (Å²) in [5, 5.41) is 4.34. The van der Waals surface area contributed by atoms with Gasteiger partial charge in [0.15, 0.2) is 0 Å². The summed E-state index contributed by atoms with van der Waals surface area (Å²) in [4.78, 5) is 29.0. The molecule has 0 bridgehead atoms. The fourth-order valence-electron chi connectivity index (χ4n) is 4.24. The number of carbonyl (C=O) groups is 2. The van der Waals surface area contributed by atoms with Crippen molar-refractivity contribution in [1.29, 1.82) is 0 Å². The molecule has 2 heterocycles. The molecule has 0 atom stereocenters. The van der Waals surface area contributed by atoms with Gasteiger partial charge in [-0.2, -0.15) is 18.3 Å². The Balaban J connectivity index is 1.51. The fraction of sp³-hybridized carbons (Fsp3) is 0.320. The number of aromatic nitrogens is 2. The largest absolute Gasteiger partial charge is 0.417 e. The number of alkyl halides is 3. The summed E-state index contributed by atoms with van der Waals surface area (Å²) in [6.07, 6.45) is -3.17. The van der Waals surface area contributed by atoms with Gasteiger partial charge in [0, 0.05) is 26.2 Å². The van der Waals surface area contributed by atoms with E-state index in [4.69, 9.17) is 0 Å². The first-order valence-corrected chi connectivity index (χ1v) is 11.2. The molecule has 1 aliphatic rings. The molecule has 0 saturated carbocycles. The quantitative estimate of drug-likeness (QED) is 0.498. The first-order chi connectivity index (χ1) is 16.6. The molecule has 10 heteroatoms. The molecule has 3 aromatic rings. The zero-order valence-electron chi connectivity index (χ0n) is 19.2. The van der Waals surface area contributed by atoms with Crippen LogP contribution in [0.1, 0.15) is 51.7 Å². The van der Waals surface area contributed by atoms with Crippen LogP contribution in [0.5, 0.6) is 0 Å². The molecular formula is C25H24F4N4O2. The Labute approximate surface area is 199 Å². The standard InChI is InChI=1S/C25H24F4N4O2/c1-16(2)22-20(15-30-33(22)18-9-7-17(26)8-10-18)24(35)32-13-11-31(12-14-32)23(34)19-5-3-4-6-21(19)25(27,28)29/h3-10,15-16H,11-14H2,1-2H3. The van der Waals surface area contributed by atoms with Gasteiger partial charge in [-0.3, -0.25) is 9.59 Å². The number of benzene rings is 2. The van der Waals surface area contributed by atoms with Gasteiger partial charge in [-0.1, -0.05) is 26.0 Å². The molecule has 2 aromatic carbocycles. The van der Waals surface area contributed by atoms with Gasteiger partial charge in [0.1, 0.15) is 5.82 Å². The van der Waals surface area contributed by atoms with Crippen molar-refractivity contribution in [2.45, 2.75) is 25.9 Å². The van der Waals surface area contributed by atoms with Crippen LogP contribution in [0.3, 0.4) is 0 Å². The first-order valence-electron chi connectivity index (χ1n) is 11.2. The molecule has 184 valence electrons. The van der Waals surface area contributed by atoms with Crippen molar-refractivity contribution < 1.29 is 27.2 Å². The topological polar surface area (TPSA) is 58.4 Å². The van der Waals surface area contributed by atoms with E-state index in [-0.39, 0.29) is 43.8 Å². The third-order valence-electron chi connectivity index (χ3n) is 5.97. The van der Waals surface area contributed by atoms with Gasteiger partial charge >= 0.3 is 6.18 Å². The third kappa shape index (κ3) is 4.91. The summed E-state index contributed by atoms with van der Waals surface area (Å²) >= 11 is 0. The zero-order chi connectivity index (χ0) is 25.3. The lowest BCUT2D eigenvalue weighted by Crippen LogP contribution is -2.51. The highest BCUT2D eigenvalue weighted by molar-refractivity contribution is 5.97. The van der Waals surface area contributed by atoms with Crippen LogP contribution in [-0.4, -0.2) is 57.6 Å². The normalized spacial score (nSPS) is 14.5. The Morgan fingerprint density at radius 3 is 1.94 bits per heavy atom. The average molecular weight is 488 g/mol.